The summed E-state index contributed by atoms with van der Waals surface area (Å²) in [7, 11) is 2.99. The predicted octanol–water partition coefficient (Wildman–Crippen LogP) is 1.72. The minimum atomic E-state index is -4.67. The number of rotatable bonds is 4. The summed E-state index contributed by atoms with van der Waals surface area (Å²) in [5, 5.41) is 2.11. The lowest BCUT2D eigenvalue weighted by atomic mass is 10.3. The van der Waals surface area contributed by atoms with E-state index >= 15 is 0 Å². The lowest BCUT2D eigenvalue weighted by Gasteiger charge is -2.18. The Bertz CT molecular complexity index is 467. The number of carbonyl (C=O) groups excluding carboxylic acids is 1. The summed E-state index contributed by atoms with van der Waals surface area (Å²) in [5.74, 6) is -1.51. The molecule has 19 heavy (non-hydrogen) atoms. The van der Waals surface area contributed by atoms with Gasteiger partial charge < -0.3 is 10.2 Å². The Morgan fingerprint density at radius 2 is 2.11 bits per heavy atom. The van der Waals surface area contributed by atoms with E-state index in [0.717, 1.165) is 0 Å². The number of alkyl halides is 3. The van der Waals surface area contributed by atoms with E-state index < -0.39 is 12.0 Å². The number of nitrogens with one attached hydrogen (secondary N) is 1. The molecule has 106 valence electrons. The average molecular weight is 297 g/mol. The fourth-order valence-electron chi connectivity index (χ4n) is 1.24. The van der Waals surface area contributed by atoms with Crippen LogP contribution in [0, 0.1) is 0 Å². The van der Waals surface area contributed by atoms with Gasteiger partial charge in [-0.1, -0.05) is 11.6 Å². The Morgan fingerprint density at radius 3 is 2.63 bits per heavy atom. The van der Waals surface area contributed by atoms with Gasteiger partial charge in [0.25, 0.3) is 0 Å². The van der Waals surface area contributed by atoms with Crippen molar-refractivity contribution in [3.8, 4) is 0 Å². The summed E-state index contributed by atoms with van der Waals surface area (Å²) in [5.41, 5.74) is 0. The summed E-state index contributed by atoms with van der Waals surface area (Å²) in [6, 6.07) is 1.21. The number of anilines is 1. The van der Waals surface area contributed by atoms with Crippen LogP contribution >= 0.6 is 11.6 Å². The quantitative estimate of drug-likeness (QED) is 0.860. The zero-order chi connectivity index (χ0) is 14.6. The number of carbonyl (C=O) groups is 1. The van der Waals surface area contributed by atoms with Crippen molar-refractivity contribution >= 4 is 23.3 Å². The number of halogens is 4. The van der Waals surface area contributed by atoms with E-state index in [-0.39, 0.29) is 29.8 Å². The fourth-order valence-corrected chi connectivity index (χ4v) is 1.41. The summed E-state index contributed by atoms with van der Waals surface area (Å²) >= 11 is 5.53. The molecule has 0 bridgehead atoms. The number of nitrogens with zero attached hydrogens (tertiary/aromatic N) is 3. The molecule has 1 N–H and O–H groups in total. The van der Waals surface area contributed by atoms with Crippen molar-refractivity contribution < 1.29 is 18.0 Å². The maximum Gasteiger partial charge on any atom is 0.451 e. The van der Waals surface area contributed by atoms with Crippen molar-refractivity contribution in [2.45, 2.75) is 12.6 Å². The first-order valence-corrected chi connectivity index (χ1v) is 5.65. The van der Waals surface area contributed by atoms with E-state index in [1.165, 1.54) is 25.1 Å². The summed E-state index contributed by atoms with van der Waals surface area (Å²) < 4.78 is 37.5. The molecule has 9 heteroatoms. The van der Waals surface area contributed by atoms with Gasteiger partial charge >= 0.3 is 6.18 Å². The van der Waals surface area contributed by atoms with Crippen LogP contribution in [0.15, 0.2) is 6.07 Å². The van der Waals surface area contributed by atoms with Gasteiger partial charge in [0, 0.05) is 33.1 Å². The summed E-state index contributed by atoms with van der Waals surface area (Å²) in [6.45, 7) is 0.213. The van der Waals surface area contributed by atoms with Gasteiger partial charge in [-0.05, 0) is 0 Å². The van der Waals surface area contributed by atoms with Crippen LogP contribution in [0.3, 0.4) is 0 Å². The first-order chi connectivity index (χ1) is 8.74. The van der Waals surface area contributed by atoms with Crippen LogP contribution < -0.4 is 10.2 Å². The van der Waals surface area contributed by atoms with Gasteiger partial charge in [-0.15, -0.1) is 0 Å². The second-order valence-corrected chi connectivity index (χ2v) is 4.10. The molecule has 0 unspecified atom stereocenters. The molecule has 1 aromatic rings. The number of hydrogen-bond acceptors (Lipinski definition) is 4. The molecule has 1 amide bonds. The van der Waals surface area contributed by atoms with Crippen LogP contribution in [-0.4, -0.2) is 36.5 Å². The van der Waals surface area contributed by atoms with Crippen LogP contribution in [0.2, 0.25) is 5.15 Å². The second kappa shape index (κ2) is 6.05. The van der Waals surface area contributed by atoms with Crippen molar-refractivity contribution in [3.05, 3.63) is 17.0 Å². The smallest absolute Gasteiger partial charge is 0.359 e. The van der Waals surface area contributed by atoms with Gasteiger partial charge in [-0.25, -0.2) is 9.97 Å². The molecule has 5 nitrogen and oxygen atoms in total. The molecule has 1 rings (SSSR count). The van der Waals surface area contributed by atoms with E-state index in [2.05, 4.69) is 15.3 Å². The molecule has 0 aliphatic rings. The number of amides is 1. The third-order valence-electron chi connectivity index (χ3n) is 2.28. The van der Waals surface area contributed by atoms with Crippen LogP contribution in [0.25, 0.3) is 0 Å². The Kier molecular flexibility index (Phi) is 4.93. The third-order valence-corrected chi connectivity index (χ3v) is 2.47. The van der Waals surface area contributed by atoms with Crippen molar-refractivity contribution in [2.75, 3.05) is 25.5 Å². The van der Waals surface area contributed by atoms with Crippen LogP contribution in [0.5, 0.6) is 0 Å². The minimum absolute atomic E-state index is 0.0104. The predicted molar refractivity (Wildman–Crippen MR) is 64.0 cm³/mol. The molecule has 0 aliphatic carbocycles. The van der Waals surface area contributed by atoms with E-state index in [1.54, 1.807) is 0 Å². The largest absolute Gasteiger partial charge is 0.451 e. The fraction of sp³-hybridized carbons (Fsp3) is 0.500. The van der Waals surface area contributed by atoms with Crippen molar-refractivity contribution in [1.82, 2.24) is 15.3 Å². The maximum absolute atomic E-state index is 12.5. The van der Waals surface area contributed by atoms with Crippen LogP contribution in [-0.2, 0) is 11.0 Å². The van der Waals surface area contributed by atoms with E-state index in [1.807, 2.05) is 0 Å². The molecular formula is C10H12ClF3N4O. The highest BCUT2D eigenvalue weighted by Gasteiger charge is 2.35. The highest BCUT2D eigenvalue weighted by atomic mass is 35.5. The monoisotopic (exact) mass is 296 g/mol. The first-order valence-electron chi connectivity index (χ1n) is 5.27. The van der Waals surface area contributed by atoms with Crippen LogP contribution in [0.4, 0.5) is 19.0 Å². The molecule has 0 fully saturated rings. The third kappa shape index (κ3) is 4.55. The molecule has 0 saturated heterocycles. The van der Waals surface area contributed by atoms with Crippen molar-refractivity contribution in [1.29, 1.82) is 0 Å². The standard InChI is InChI=1S/C10H12ClF3N4O/c1-15-8(19)3-4-18(2)7-5-6(11)16-9(17-7)10(12,13)14/h5H,3-4H2,1-2H3,(H,15,19). The number of aromatic nitrogens is 2. The summed E-state index contributed by atoms with van der Waals surface area (Å²) in [6.07, 6.45) is -4.53. The van der Waals surface area contributed by atoms with E-state index in [9.17, 15) is 18.0 Å². The zero-order valence-corrected chi connectivity index (χ0v) is 11.0. The zero-order valence-electron chi connectivity index (χ0n) is 10.3. The van der Waals surface area contributed by atoms with Gasteiger partial charge in [0.2, 0.25) is 11.7 Å². The number of hydrogen-bond donors (Lipinski definition) is 1. The lowest BCUT2D eigenvalue weighted by molar-refractivity contribution is -0.144. The molecule has 0 radical (unpaired) electrons. The highest BCUT2D eigenvalue weighted by Crippen LogP contribution is 2.28. The highest BCUT2D eigenvalue weighted by molar-refractivity contribution is 6.29. The SMILES string of the molecule is CNC(=O)CCN(C)c1cc(Cl)nc(C(F)(F)F)n1. The van der Waals surface area contributed by atoms with E-state index in [0.29, 0.717) is 0 Å². The minimum Gasteiger partial charge on any atom is -0.359 e. The lowest BCUT2D eigenvalue weighted by Crippen LogP contribution is -2.27. The maximum atomic E-state index is 12.5. The van der Waals surface area contributed by atoms with Gasteiger partial charge in [0.15, 0.2) is 0 Å². The van der Waals surface area contributed by atoms with Crippen molar-refractivity contribution in [2.24, 2.45) is 0 Å². The molecular weight excluding hydrogens is 285 g/mol. The first kappa shape index (κ1) is 15.5. The van der Waals surface area contributed by atoms with Gasteiger partial charge in [0.1, 0.15) is 11.0 Å². The Labute approximate surface area is 112 Å². The van der Waals surface area contributed by atoms with Gasteiger partial charge in [0.05, 0.1) is 0 Å². The summed E-state index contributed by atoms with van der Waals surface area (Å²) in [4.78, 5) is 19.0. The van der Waals surface area contributed by atoms with Gasteiger partial charge in [-0.2, -0.15) is 13.2 Å². The van der Waals surface area contributed by atoms with Crippen molar-refractivity contribution in [3.63, 3.8) is 0 Å². The molecule has 0 saturated carbocycles. The topological polar surface area (TPSA) is 58.1 Å². The average Bonchev–Trinajstić information content (AvgIpc) is 2.33. The van der Waals surface area contributed by atoms with Gasteiger partial charge in [-0.3, -0.25) is 4.79 Å². The molecule has 0 aromatic carbocycles. The Hall–Kier alpha value is -1.57. The second-order valence-electron chi connectivity index (χ2n) is 3.71. The van der Waals surface area contributed by atoms with E-state index in [4.69, 9.17) is 11.6 Å². The molecule has 0 atom stereocenters. The molecule has 1 aromatic heterocycles. The Morgan fingerprint density at radius 1 is 1.47 bits per heavy atom. The molecule has 0 aliphatic heterocycles. The normalized spacial score (nSPS) is 11.3. The van der Waals surface area contributed by atoms with Crippen LogP contribution in [0.1, 0.15) is 12.2 Å². The molecule has 1 heterocycles. The molecule has 0 spiro atoms. The Balaban J connectivity index is 2.88.